The van der Waals surface area contributed by atoms with E-state index < -0.39 is 0 Å². The fourth-order valence-corrected chi connectivity index (χ4v) is 1.80. The van der Waals surface area contributed by atoms with Crippen molar-refractivity contribution in [3.63, 3.8) is 0 Å². The van der Waals surface area contributed by atoms with E-state index >= 15 is 0 Å². The first-order valence-corrected chi connectivity index (χ1v) is 6.35. The molecule has 0 amide bonds. The molecule has 0 aliphatic heterocycles. The van der Waals surface area contributed by atoms with E-state index in [9.17, 15) is 4.79 Å². The fourth-order valence-electron chi connectivity index (χ4n) is 1.80. The molecule has 3 rings (SSSR count). The number of hydrogen-bond donors (Lipinski definition) is 0. The number of benzene rings is 2. The van der Waals surface area contributed by atoms with Gasteiger partial charge in [0, 0.05) is 0 Å². The van der Waals surface area contributed by atoms with E-state index in [4.69, 9.17) is 4.74 Å². The molecule has 1 heterocycles. The van der Waals surface area contributed by atoms with E-state index in [-0.39, 0.29) is 5.97 Å². The van der Waals surface area contributed by atoms with Crippen LogP contribution in [0.25, 0.3) is 5.69 Å². The molecule has 0 fully saturated rings. The highest BCUT2D eigenvalue weighted by Crippen LogP contribution is 2.16. The van der Waals surface area contributed by atoms with Gasteiger partial charge in [-0.3, -0.25) is 0 Å². The van der Waals surface area contributed by atoms with Crippen LogP contribution in [0.4, 0.5) is 0 Å². The first kappa shape index (κ1) is 13.0. The lowest BCUT2D eigenvalue weighted by atomic mass is 10.1. The SMILES string of the molecule is Cc1ccc(C(=O)Oc2ccc(-n3cnnn3)cc2)cc1. The average molecular weight is 280 g/mol. The highest BCUT2D eigenvalue weighted by Gasteiger charge is 2.08. The molecule has 2 aromatic carbocycles. The molecule has 0 atom stereocenters. The van der Waals surface area contributed by atoms with Gasteiger partial charge in [-0.2, -0.15) is 0 Å². The molecule has 0 saturated heterocycles. The third-order valence-electron chi connectivity index (χ3n) is 2.95. The number of carbonyl (C=O) groups excluding carboxylic acids is 1. The van der Waals surface area contributed by atoms with Gasteiger partial charge in [-0.1, -0.05) is 17.7 Å². The first-order valence-electron chi connectivity index (χ1n) is 6.35. The number of carbonyl (C=O) groups is 1. The van der Waals surface area contributed by atoms with Crippen molar-refractivity contribution in [2.45, 2.75) is 6.92 Å². The Morgan fingerprint density at radius 1 is 1.05 bits per heavy atom. The maximum atomic E-state index is 12.0. The Balaban J connectivity index is 1.73. The lowest BCUT2D eigenvalue weighted by Gasteiger charge is -2.05. The predicted molar refractivity (Wildman–Crippen MR) is 75.3 cm³/mol. The fraction of sp³-hybridized carbons (Fsp3) is 0.0667. The Labute approximate surface area is 121 Å². The first-order chi connectivity index (χ1) is 10.2. The van der Waals surface area contributed by atoms with Gasteiger partial charge in [0.25, 0.3) is 0 Å². The summed E-state index contributed by atoms with van der Waals surface area (Å²) in [6.45, 7) is 1.97. The van der Waals surface area contributed by atoms with E-state index in [2.05, 4.69) is 15.5 Å². The van der Waals surface area contributed by atoms with Crippen molar-refractivity contribution in [2.24, 2.45) is 0 Å². The van der Waals surface area contributed by atoms with Crippen LogP contribution in [-0.2, 0) is 0 Å². The van der Waals surface area contributed by atoms with E-state index in [1.807, 2.05) is 19.1 Å². The predicted octanol–water partition coefficient (Wildman–Crippen LogP) is 2.19. The molecule has 0 aliphatic rings. The van der Waals surface area contributed by atoms with Crippen LogP contribution in [0.5, 0.6) is 5.75 Å². The largest absolute Gasteiger partial charge is 0.423 e. The average Bonchev–Trinajstić information content (AvgIpc) is 3.03. The zero-order valence-corrected chi connectivity index (χ0v) is 11.3. The van der Waals surface area contributed by atoms with Crippen molar-refractivity contribution in [2.75, 3.05) is 0 Å². The topological polar surface area (TPSA) is 69.9 Å². The molecule has 0 radical (unpaired) electrons. The highest BCUT2D eigenvalue weighted by atomic mass is 16.5. The molecule has 0 bridgehead atoms. The maximum absolute atomic E-state index is 12.0. The van der Waals surface area contributed by atoms with E-state index in [0.29, 0.717) is 11.3 Å². The lowest BCUT2D eigenvalue weighted by molar-refractivity contribution is 0.0735. The number of rotatable bonds is 3. The van der Waals surface area contributed by atoms with Crippen LogP contribution in [0.2, 0.25) is 0 Å². The van der Waals surface area contributed by atoms with Crippen LogP contribution in [0, 0.1) is 6.92 Å². The minimum Gasteiger partial charge on any atom is -0.423 e. The Bertz CT molecular complexity index is 734. The summed E-state index contributed by atoms with van der Waals surface area (Å²) in [5.74, 6) is 0.0857. The monoisotopic (exact) mass is 280 g/mol. The van der Waals surface area contributed by atoms with Crippen LogP contribution in [-0.4, -0.2) is 26.2 Å². The lowest BCUT2D eigenvalue weighted by Crippen LogP contribution is -2.08. The normalized spacial score (nSPS) is 10.3. The molecule has 0 unspecified atom stereocenters. The number of ether oxygens (including phenoxy) is 1. The van der Waals surface area contributed by atoms with Gasteiger partial charge in [-0.25, -0.2) is 9.48 Å². The van der Waals surface area contributed by atoms with Crippen molar-refractivity contribution < 1.29 is 9.53 Å². The van der Waals surface area contributed by atoms with Crippen molar-refractivity contribution in [3.8, 4) is 11.4 Å². The molecule has 6 nitrogen and oxygen atoms in total. The number of hydrogen-bond acceptors (Lipinski definition) is 5. The zero-order valence-electron chi connectivity index (χ0n) is 11.3. The summed E-state index contributed by atoms with van der Waals surface area (Å²) in [6, 6.07) is 14.2. The van der Waals surface area contributed by atoms with Gasteiger partial charge < -0.3 is 4.74 Å². The van der Waals surface area contributed by atoms with Gasteiger partial charge in [0.15, 0.2) is 0 Å². The number of esters is 1. The highest BCUT2D eigenvalue weighted by molar-refractivity contribution is 5.91. The van der Waals surface area contributed by atoms with Crippen molar-refractivity contribution in [1.82, 2.24) is 20.2 Å². The van der Waals surface area contributed by atoms with Gasteiger partial charge in [0.2, 0.25) is 0 Å². The van der Waals surface area contributed by atoms with Crippen LogP contribution >= 0.6 is 0 Å². The molecule has 6 heteroatoms. The van der Waals surface area contributed by atoms with Gasteiger partial charge >= 0.3 is 5.97 Å². The number of aryl methyl sites for hydroxylation is 1. The summed E-state index contributed by atoms with van der Waals surface area (Å²) in [5.41, 5.74) is 2.40. The van der Waals surface area contributed by atoms with Gasteiger partial charge in [0.05, 0.1) is 11.3 Å². The minimum atomic E-state index is -0.384. The zero-order chi connectivity index (χ0) is 14.7. The third kappa shape index (κ3) is 2.94. The van der Waals surface area contributed by atoms with E-state index in [0.717, 1.165) is 11.3 Å². The van der Waals surface area contributed by atoms with Crippen LogP contribution in [0.15, 0.2) is 54.9 Å². The van der Waals surface area contributed by atoms with Crippen LogP contribution in [0.1, 0.15) is 15.9 Å². The molecule has 1 aromatic heterocycles. The summed E-state index contributed by atoms with van der Waals surface area (Å²) in [4.78, 5) is 12.0. The number of nitrogens with zero attached hydrogens (tertiary/aromatic N) is 4. The second kappa shape index (κ2) is 5.54. The Hall–Kier alpha value is -3.02. The Morgan fingerprint density at radius 3 is 2.38 bits per heavy atom. The van der Waals surface area contributed by atoms with E-state index in [1.54, 1.807) is 36.4 Å². The van der Waals surface area contributed by atoms with E-state index in [1.165, 1.54) is 11.0 Å². The second-order valence-corrected chi connectivity index (χ2v) is 4.50. The van der Waals surface area contributed by atoms with Gasteiger partial charge in [-0.05, 0) is 53.7 Å². The minimum absolute atomic E-state index is 0.384. The summed E-state index contributed by atoms with van der Waals surface area (Å²) < 4.78 is 6.83. The van der Waals surface area contributed by atoms with Crippen LogP contribution < -0.4 is 4.74 Å². The quantitative estimate of drug-likeness (QED) is 0.543. The smallest absolute Gasteiger partial charge is 0.343 e. The number of tetrazole rings is 1. The molecule has 0 saturated carbocycles. The Kier molecular flexibility index (Phi) is 3.42. The molecular formula is C15H12N4O2. The summed E-state index contributed by atoms with van der Waals surface area (Å²) in [5, 5.41) is 10.9. The van der Waals surface area contributed by atoms with Crippen molar-refractivity contribution in [3.05, 3.63) is 66.0 Å². The Morgan fingerprint density at radius 2 is 1.76 bits per heavy atom. The number of aromatic nitrogens is 4. The van der Waals surface area contributed by atoms with Crippen molar-refractivity contribution >= 4 is 5.97 Å². The summed E-state index contributed by atoms with van der Waals surface area (Å²) in [7, 11) is 0. The molecule has 0 spiro atoms. The van der Waals surface area contributed by atoms with Crippen LogP contribution in [0.3, 0.4) is 0 Å². The standard InChI is InChI=1S/C15H12N4O2/c1-11-2-4-12(5-3-11)15(20)21-14-8-6-13(7-9-14)19-10-16-17-18-19/h2-10H,1H3. The molecule has 3 aromatic rings. The molecule has 0 aliphatic carbocycles. The maximum Gasteiger partial charge on any atom is 0.343 e. The second-order valence-electron chi connectivity index (χ2n) is 4.50. The van der Waals surface area contributed by atoms with Gasteiger partial charge in [0.1, 0.15) is 12.1 Å². The molecule has 0 N–H and O–H groups in total. The third-order valence-corrected chi connectivity index (χ3v) is 2.95. The molecule has 21 heavy (non-hydrogen) atoms. The van der Waals surface area contributed by atoms with Gasteiger partial charge in [-0.15, -0.1) is 5.10 Å². The summed E-state index contributed by atoms with van der Waals surface area (Å²) >= 11 is 0. The van der Waals surface area contributed by atoms with Crippen molar-refractivity contribution in [1.29, 1.82) is 0 Å². The summed E-state index contributed by atoms with van der Waals surface area (Å²) in [6.07, 6.45) is 1.49. The molecular weight excluding hydrogens is 268 g/mol. The molecule has 104 valence electrons.